The molecule has 4 nitrogen and oxygen atoms in total. The Hall–Kier alpha value is -0.820. The van der Waals surface area contributed by atoms with Crippen LogP contribution in [-0.2, 0) is 4.79 Å². The van der Waals surface area contributed by atoms with Crippen molar-refractivity contribution in [3.05, 3.63) is 0 Å². The first-order valence-corrected chi connectivity index (χ1v) is 6.44. The lowest BCUT2D eigenvalue weighted by atomic mass is 9.89. The number of likely N-dealkylation sites (tertiary alicyclic amines) is 1. The van der Waals surface area contributed by atoms with E-state index in [2.05, 4.69) is 5.32 Å². The van der Waals surface area contributed by atoms with Gasteiger partial charge in [-0.15, -0.1) is 0 Å². The van der Waals surface area contributed by atoms with E-state index in [1.165, 1.54) is 11.9 Å². The molecule has 0 aromatic heterocycles. The largest absolute Gasteiger partial charge is 0.405 e. The molecule has 1 heterocycles. The Morgan fingerprint density at radius 2 is 2.11 bits per heavy atom. The van der Waals surface area contributed by atoms with Crippen LogP contribution in [0.1, 0.15) is 26.7 Å². The van der Waals surface area contributed by atoms with Crippen LogP contribution in [0.4, 0.5) is 13.2 Å². The van der Waals surface area contributed by atoms with Crippen LogP contribution in [0.5, 0.6) is 0 Å². The maximum Gasteiger partial charge on any atom is 0.405 e. The molecule has 0 aliphatic carbocycles. The zero-order valence-electron chi connectivity index (χ0n) is 11.5. The number of alkyl halides is 3. The van der Waals surface area contributed by atoms with Crippen molar-refractivity contribution < 1.29 is 18.0 Å². The maximum atomic E-state index is 13.1. The van der Waals surface area contributed by atoms with Gasteiger partial charge >= 0.3 is 6.18 Å². The third-order valence-electron chi connectivity index (χ3n) is 3.88. The van der Waals surface area contributed by atoms with Crippen molar-refractivity contribution >= 4 is 5.91 Å². The molecule has 0 saturated carbocycles. The lowest BCUT2D eigenvalue weighted by molar-refractivity contribution is -0.187. The number of halogens is 3. The second-order valence-corrected chi connectivity index (χ2v) is 5.42. The van der Waals surface area contributed by atoms with E-state index in [9.17, 15) is 18.0 Å². The molecule has 1 saturated heterocycles. The molecule has 0 aromatic rings. The molecule has 3 unspecified atom stereocenters. The average molecular weight is 281 g/mol. The SMILES string of the molecule is CCC(N)C(N1CCC(C)(C(=O)NC)C1)C(F)(F)F. The molecule has 3 atom stereocenters. The molecule has 0 bridgehead atoms. The van der Waals surface area contributed by atoms with E-state index in [1.54, 1.807) is 13.8 Å². The summed E-state index contributed by atoms with van der Waals surface area (Å²) in [6.07, 6.45) is -3.71. The third kappa shape index (κ3) is 3.39. The predicted octanol–water partition coefficient (Wildman–Crippen LogP) is 1.11. The van der Waals surface area contributed by atoms with Gasteiger partial charge in [0.05, 0.1) is 5.41 Å². The Balaban J connectivity index is 2.88. The monoisotopic (exact) mass is 281 g/mol. The molecule has 112 valence electrons. The smallest absolute Gasteiger partial charge is 0.359 e. The van der Waals surface area contributed by atoms with Crippen molar-refractivity contribution in [2.75, 3.05) is 20.1 Å². The van der Waals surface area contributed by atoms with Crippen LogP contribution in [0.2, 0.25) is 0 Å². The molecule has 1 fully saturated rings. The van der Waals surface area contributed by atoms with Gasteiger partial charge in [-0.3, -0.25) is 9.69 Å². The third-order valence-corrected chi connectivity index (χ3v) is 3.88. The predicted molar refractivity (Wildman–Crippen MR) is 66.5 cm³/mol. The number of rotatable bonds is 4. The van der Waals surface area contributed by atoms with Gasteiger partial charge in [-0.1, -0.05) is 6.92 Å². The van der Waals surface area contributed by atoms with E-state index in [0.29, 0.717) is 6.42 Å². The highest BCUT2D eigenvalue weighted by Gasteiger charge is 2.51. The summed E-state index contributed by atoms with van der Waals surface area (Å²) < 4.78 is 39.4. The lowest BCUT2D eigenvalue weighted by Gasteiger charge is -2.34. The highest BCUT2D eigenvalue weighted by Crippen LogP contribution is 2.36. The Kier molecular flexibility index (Phi) is 4.84. The van der Waals surface area contributed by atoms with Gasteiger partial charge < -0.3 is 11.1 Å². The van der Waals surface area contributed by atoms with Gasteiger partial charge in [0.15, 0.2) is 0 Å². The molecule has 19 heavy (non-hydrogen) atoms. The van der Waals surface area contributed by atoms with E-state index in [0.717, 1.165) is 0 Å². The van der Waals surface area contributed by atoms with E-state index in [-0.39, 0.29) is 25.4 Å². The molecular formula is C12H22F3N3O. The molecule has 0 aromatic carbocycles. The molecular weight excluding hydrogens is 259 g/mol. The van der Waals surface area contributed by atoms with Crippen LogP contribution in [0.15, 0.2) is 0 Å². The minimum Gasteiger partial charge on any atom is -0.359 e. The second-order valence-electron chi connectivity index (χ2n) is 5.42. The standard InChI is InChI=1S/C12H22F3N3O/c1-4-8(16)9(12(13,14)15)18-6-5-11(2,7-18)10(19)17-3/h8-9H,4-7,16H2,1-3H3,(H,17,19). The lowest BCUT2D eigenvalue weighted by Crippen LogP contribution is -2.56. The number of nitrogens with one attached hydrogen (secondary N) is 1. The fraction of sp³-hybridized carbons (Fsp3) is 0.917. The molecule has 1 amide bonds. The van der Waals surface area contributed by atoms with Crippen molar-refractivity contribution in [1.82, 2.24) is 10.2 Å². The van der Waals surface area contributed by atoms with E-state index in [4.69, 9.17) is 5.73 Å². The van der Waals surface area contributed by atoms with Gasteiger partial charge in [0.2, 0.25) is 5.91 Å². The van der Waals surface area contributed by atoms with Gasteiger partial charge in [0.1, 0.15) is 6.04 Å². The number of hydrogen-bond donors (Lipinski definition) is 2. The molecule has 3 N–H and O–H groups in total. The summed E-state index contributed by atoms with van der Waals surface area (Å²) in [5.74, 6) is -0.221. The van der Waals surface area contributed by atoms with Crippen LogP contribution in [0, 0.1) is 5.41 Å². The van der Waals surface area contributed by atoms with E-state index >= 15 is 0 Å². The molecule has 1 aliphatic heterocycles. The fourth-order valence-corrected chi connectivity index (χ4v) is 2.67. The zero-order valence-corrected chi connectivity index (χ0v) is 11.5. The first-order valence-electron chi connectivity index (χ1n) is 6.44. The van der Waals surface area contributed by atoms with Crippen molar-refractivity contribution in [1.29, 1.82) is 0 Å². The van der Waals surface area contributed by atoms with Gasteiger partial charge in [-0.25, -0.2) is 0 Å². The summed E-state index contributed by atoms with van der Waals surface area (Å²) in [6, 6.07) is -2.64. The summed E-state index contributed by atoms with van der Waals surface area (Å²) >= 11 is 0. The van der Waals surface area contributed by atoms with Gasteiger partial charge in [-0.05, 0) is 26.3 Å². The Morgan fingerprint density at radius 1 is 1.53 bits per heavy atom. The number of amides is 1. The maximum absolute atomic E-state index is 13.1. The second kappa shape index (κ2) is 5.66. The van der Waals surface area contributed by atoms with Gasteiger partial charge in [0.25, 0.3) is 0 Å². The summed E-state index contributed by atoms with van der Waals surface area (Å²) in [6.45, 7) is 3.65. The fourth-order valence-electron chi connectivity index (χ4n) is 2.67. The molecule has 7 heteroatoms. The summed E-state index contributed by atoms with van der Waals surface area (Å²) in [4.78, 5) is 13.0. The minimum atomic E-state index is -4.37. The number of carbonyl (C=O) groups excluding carboxylic acids is 1. The van der Waals surface area contributed by atoms with E-state index in [1.807, 2.05) is 0 Å². The van der Waals surface area contributed by atoms with Crippen molar-refractivity contribution in [3.8, 4) is 0 Å². The summed E-state index contributed by atoms with van der Waals surface area (Å²) in [7, 11) is 1.50. The first-order chi connectivity index (χ1) is 8.65. The number of carbonyl (C=O) groups is 1. The number of hydrogen-bond acceptors (Lipinski definition) is 3. The zero-order chi connectivity index (χ0) is 14.8. The molecule has 0 spiro atoms. The van der Waals surface area contributed by atoms with Crippen molar-refractivity contribution in [2.24, 2.45) is 11.1 Å². The molecule has 1 rings (SSSR count). The van der Waals surface area contributed by atoms with E-state index < -0.39 is 23.7 Å². The van der Waals surface area contributed by atoms with Crippen LogP contribution >= 0.6 is 0 Å². The molecule has 0 radical (unpaired) electrons. The Bertz CT molecular complexity index is 335. The highest BCUT2D eigenvalue weighted by atomic mass is 19.4. The minimum absolute atomic E-state index is 0.0878. The first kappa shape index (κ1) is 16.2. The van der Waals surface area contributed by atoms with Crippen molar-refractivity contribution in [2.45, 2.75) is 44.9 Å². The number of nitrogens with zero attached hydrogens (tertiary/aromatic N) is 1. The van der Waals surface area contributed by atoms with Gasteiger partial charge in [0, 0.05) is 19.6 Å². The van der Waals surface area contributed by atoms with Crippen molar-refractivity contribution in [3.63, 3.8) is 0 Å². The van der Waals surface area contributed by atoms with Crippen LogP contribution in [0.3, 0.4) is 0 Å². The summed E-state index contributed by atoms with van der Waals surface area (Å²) in [5, 5.41) is 2.51. The number of nitrogens with two attached hydrogens (primary N) is 1. The topological polar surface area (TPSA) is 58.4 Å². The van der Waals surface area contributed by atoms with Crippen LogP contribution in [-0.4, -0.2) is 49.2 Å². The highest BCUT2D eigenvalue weighted by molar-refractivity contribution is 5.82. The van der Waals surface area contributed by atoms with Crippen LogP contribution < -0.4 is 11.1 Å². The normalized spacial score (nSPS) is 28.2. The quantitative estimate of drug-likeness (QED) is 0.811. The van der Waals surface area contributed by atoms with Crippen LogP contribution in [0.25, 0.3) is 0 Å². The Labute approximate surface area is 111 Å². The summed E-state index contributed by atoms with van der Waals surface area (Å²) in [5.41, 5.74) is 4.85. The van der Waals surface area contributed by atoms with Gasteiger partial charge in [-0.2, -0.15) is 13.2 Å². The Morgan fingerprint density at radius 3 is 2.53 bits per heavy atom. The molecule has 1 aliphatic rings. The average Bonchev–Trinajstić information content (AvgIpc) is 2.69.